The number of carbonyl (C=O) groups excluding carboxylic acids is 1. The first-order valence-corrected chi connectivity index (χ1v) is 13.2. The summed E-state index contributed by atoms with van der Waals surface area (Å²) in [6, 6.07) is 16.7. The Hall–Kier alpha value is -4.35. The minimum absolute atomic E-state index is 0.307. The number of pyridine rings is 1. The minimum Gasteiger partial charge on any atom is -0.481 e. The van der Waals surface area contributed by atoms with Crippen LogP contribution in [0.2, 0.25) is 0 Å². The third-order valence-electron chi connectivity index (χ3n) is 6.88. The van der Waals surface area contributed by atoms with Gasteiger partial charge in [-0.3, -0.25) is 5.32 Å². The largest absolute Gasteiger partial charge is 0.481 e. The molecular weight excluding hydrogens is 530 g/mol. The highest BCUT2D eigenvalue weighted by molar-refractivity contribution is 5.89. The molecule has 1 atom stereocenters. The van der Waals surface area contributed by atoms with E-state index in [1.165, 1.54) is 12.1 Å². The first-order valence-electron chi connectivity index (χ1n) is 13.2. The second-order valence-corrected chi connectivity index (χ2v) is 9.60. The van der Waals surface area contributed by atoms with E-state index in [0.717, 1.165) is 48.4 Å². The summed E-state index contributed by atoms with van der Waals surface area (Å²) in [6.45, 7) is 5.37. The van der Waals surface area contributed by atoms with Crippen molar-refractivity contribution in [3.05, 3.63) is 89.6 Å². The van der Waals surface area contributed by atoms with Gasteiger partial charge in [0.15, 0.2) is 11.6 Å². The Kier molecular flexibility index (Phi) is 9.99. The van der Waals surface area contributed by atoms with Crippen LogP contribution in [0.1, 0.15) is 23.5 Å². The van der Waals surface area contributed by atoms with Crippen LogP contribution in [0, 0.1) is 18.6 Å². The van der Waals surface area contributed by atoms with E-state index in [4.69, 9.17) is 15.2 Å². The number of halogens is 2. The number of ether oxygens (including phenoxy) is 2. The molecule has 0 saturated carbocycles. The monoisotopic (exact) mass is 564 g/mol. The van der Waals surface area contributed by atoms with Crippen molar-refractivity contribution in [1.29, 1.82) is 0 Å². The van der Waals surface area contributed by atoms with Gasteiger partial charge in [-0.05, 0) is 61.7 Å². The molecule has 3 heterocycles. The normalized spacial score (nSPS) is 14.8. The molecule has 2 amide bonds. The molecule has 1 saturated heterocycles. The second-order valence-electron chi connectivity index (χ2n) is 9.60. The molecule has 4 aromatic rings. The van der Waals surface area contributed by atoms with Crippen LogP contribution in [0.4, 0.5) is 19.4 Å². The van der Waals surface area contributed by atoms with Crippen molar-refractivity contribution in [3.63, 3.8) is 0 Å². The molecular formula is C30H34F2N6O3. The third-order valence-corrected chi connectivity index (χ3v) is 6.88. The van der Waals surface area contributed by atoms with Crippen molar-refractivity contribution >= 4 is 11.8 Å². The number of hydrogen-bond acceptors (Lipinski definition) is 6. The summed E-state index contributed by atoms with van der Waals surface area (Å²) in [6.07, 6.45) is 2.67. The minimum atomic E-state index is -0.775. The van der Waals surface area contributed by atoms with Gasteiger partial charge in [0.25, 0.3) is 0 Å². The SMILES string of the molecule is COCCN1CCC(c2ccc(F)c(F)c2)C1.COc1ccc(-c2nn(-c3ccccc3)c(NC(N)=O)c2C)cn1. The van der Waals surface area contributed by atoms with Crippen molar-refractivity contribution in [3.8, 4) is 22.8 Å². The molecule has 3 N–H and O–H groups in total. The van der Waals surface area contributed by atoms with E-state index >= 15 is 0 Å². The Balaban J connectivity index is 0.000000201. The first kappa shape index (κ1) is 29.6. The average Bonchev–Trinajstić information content (AvgIpc) is 3.59. The van der Waals surface area contributed by atoms with Crippen LogP contribution in [0.25, 0.3) is 16.9 Å². The van der Waals surface area contributed by atoms with Crippen molar-refractivity contribution in [2.75, 3.05) is 45.8 Å². The van der Waals surface area contributed by atoms with Crippen LogP contribution in [0.5, 0.6) is 5.88 Å². The molecule has 0 spiro atoms. The molecule has 1 unspecified atom stereocenters. The molecule has 41 heavy (non-hydrogen) atoms. The van der Waals surface area contributed by atoms with Gasteiger partial charge < -0.3 is 20.1 Å². The quantitative estimate of drug-likeness (QED) is 0.307. The van der Waals surface area contributed by atoms with Gasteiger partial charge in [0.2, 0.25) is 5.88 Å². The average molecular weight is 565 g/mol. The van der Waals surface area contributed by atoms with Gasteiger partial charge in [0, 0.05) is 43.6 Å². The summed E-state index contributed by atoms with van der Waals surface area (Å²) in [7, 11) is 3.25. The van der Waals surface area contributed by atoms with Crippen molar-refractivity contribution in [2.24, 2.45) is 5.73 Å². The zero-order valence-corrected chi connectivity index (χ0v) is 23.3. The number of benzene rings is 2. The lowest BCUT2D eigenvalue weighted by Crippen LogP contribution is -2.24. The van der Waals surface area contributed by atoms with Gasteiger partial charge >= 0.3 is 6.03 Å². The number of carbonyl (C=O) groups is 1. The molecule has 2 aromatic heterocycles. The molecule has 2 aromatic carbocycles. The van der Waals surface area contributed by atoms with Crippen LogP contribution in [0.15, 0.2) is 66.9 Å². The highest BCUT2D eigenvalue weighted by Crippen LogP contribution is 2.31. The van der Waals surface area contributed by atoms with E-state index in [-0.39, 0.29) is 0 Å². The molecule has 1 aliphatic heterocycles. The maximum atomic E-state index is 13.1. The first-order chi connectivity index (χ1) is 19.8. The van der Waals surface area contributed by atoms with Crippen LogP contribution >= 0.6 is 0 Å². The number of rotatable bonds is 8. The van der Waals surface area contributed by atoms with E-state index in [9.17, 15) is 13.6 Å². The van der Waals surface area contributed by atoms with Crippen molar-refractivity contribution in [2.45, 2.75) is 19.3 Å². The standard InChI is InChI=1S/C17H17N5O2.C13H17F2NO/c1-11-15(12-8-9-14(24-2)19-10-12)21-22(16(11)20-17(18)23)13-6-4-3-5-7-13;1-17-7-6-16-5-4-11(9-16)10-2-3-12(14)13(15)8-10/h3-10H,1-2H3,(H3,18,20,23);2-3,8,11H,4-7,9H2,1H3. The fraction of sp³-hybridized carbons (Fsp3) is 0.300. The zero-order chi connectivity index (χ0) is 29.4. The number of para-hydroxylation sites is 1. The smallest absolute Gasteiger partial charge is 0.317 e. The van der Waals surface area contributed by atoms with Crippen LogP contribution < -0.4 is 15.8 Å². The number of amides is 2. The highest BCUT2D eigenvalue weighted by atomic mass is 19.2. The third kappa shape index (κ3) is 7.44. The van der Waals surface area contributed by atoms with Gasteiger partial charge in [-0.2, -0.15) is 5.10 Å². The zero-order valence-electron chi connectivity index (χ0n) is 23.3. The van der Waals surface area contributed by atoms with Crippen molar-refractivity contribution in [1.82, 2.24) is 19.7 Å². The van der Waals surface area contributed by atoms with E-state index in [1.54, 1.807) is 37.2 Å². The van der Waals surface area contributed by atoms with E-state index in [0.29, 0.717) is 29.9 Å². The van der Waals surface area contributed by atoms with E-state index in [1.807, 2.05) is 43.3 Å². The van der Waals surface area contributed by atoms with Gasteiger partial charge in [0.05, 0.1) is 25.1 Å². The summed E-state index contributed by atoms with van der Waals surface area (Å²) in [5, 5.41) is 7.27. The second kappa shape index (κ2) is 13.8. The van der Waals surface area contributed by atoms with Crippen molar-refractivity contribution < 1.29 is 23.0 Å². The number of methoxy groups -OCH3 is 2. The number of nitrogens with one attached hydrogen (secondary N) is 1. The number of nitrogens with two attached hydrogens (primary N) is 1. The van der Waals surface area contributed by atoms with Crippen LogP contribution in [-0.4, -0.2) is 66.2 Å². The summed E-state index contributed by atoms with van der Waals surface area (Å²) >= 11 is 0. The fourth-order valence-electron chi connectivity index (χ4n) is 4.73. The summed E-state index contributed by atoms with van der Waals surface area (Å²) in [5.41, 5.74) is 9.33. The highest BCUT2D eigenvalue weighted by Gasteiger charge is 2.24. The lowest BCUT2D eigenvalue weighted by atomic mass is 9.98. The van der Waals surface area contributed by atoms with Gasteiger partial charge in [-0.15, -0.1) is 0 Å². The molecule has 11 heteroatoms. The molecule has 9 nitrogen and oxygen atoms in total. The predicted molar refractivity (Wildman–Crippen MR) is 153 cm³/mol. The van der Waals surface area contributed by atoms with Gasteiger partial charge in [-0.25, -0.2) is 23.2 Å². The Morgan fingerprint density at radius 1 is 1.10 bits per heavy atom. The van der Waals surface area contributed by atoms with Crippen LogP contribution in [-0.2, 0) is 4.74 Å². The number of urea groups is 1. The van der Waals surface area contributed by atoms with E-state index in [2.05, 4.69) is 20.3 Å². The number of nitrogens with zero attached hydrogens (tertiary/aromatic N) is 4. The summed E-state index contributed by atoms with van der Waals surface area (Å²) in [4.78, 5) is 17.9. The number of aromatic nitrogens is 3. The van der Waals surface area contributed by atoms with Gasteiger partial charge in [0.1, 0.15) is 5.82 Å². The number of primary amides is 1. The summed E-state index contributed by atoms with van der Waals surface area (Å²) < 4.78 is 37.7. The molecule has 0 radical (unpaired) electrons. The van der Waals surface area contributed by atoms with E-state index < -0.39 is 17.7 Å². The molecule has 216 valence electrons. The maximum Gasteiger partial charge on any atom is 0.317 e. The fourth-order valence-corrected chi connectivity index (χ4v) is 4.73. The lowest BCUT2D eigenvalue weighted by molar-refractivity contribution is 0.160. The number of anilines is 1. The van der Waals surface area contributed by atoms with Gasteiger partial charge in [-0.1, -0.05) is 24.3 Å². The molecule has 0 aliphatic carbocycles. The molecule has 0 bridgehead atoms. The Morgan fingerprint density at radius 3 is 2.51 bits per heavy atom. The van der Waals surface area contributed by atoms with Crippen LogP contribution in [0.3, 0.4) is 0 Å². The molecule has 1 aliphatic rings. The molecule has 1 fully saturated rings. The lowest BCUT2D eigenvalue weighted by Gasteiger charge is -2.15. The predicted octanol–water partition coefficient (Wildman–Crippen LogP) is 5.14. The summed E-state index contributed by atoms with van der Waals surface area (Å²) in [5.74, 6) is -0.170. The Bertz CT molecular complexity index is 1450. The topological polar surface area (TPSA) is 108 Å². The molecule has 5 rings (SSSR count). The maximum absolute atomic E-state index is 13.1. The Morgan fingerprint density at radius 2 is 1.88 bits per heavy atom. The Labute approximate surface area is 237 Å². The number of hydrogen-bond donors (Lipinski definition) is 2. The number of likely N-dealkylation sites (tertiary alicyclic amines) is 1.